The maximum absolute atomic E-state index is 15.5. The van der Waals surface area contributed by atoms with Crippen molar-refractivity contribution >= 4 is 17.3 Å². The first kappa shape index (κ1) is 25.5. The van der Waals surface area contributed by atoms with Gasteiger partial charge >= 0.3 is 12.1 Å². The molecule has 2 unspecified atom stereocenters. The average molecular weight is 544 g/mol. The molecule has 2 bridgehead atoms. The van der Waals surface area contributed by atoms with Gasteiger partial charge in [0, 0.05) is 54.5 Å². The Morgan fingerprint density at radius 1 is 1.18 bits per heavy atom. The lowest BCUT2D eigenvalue weighted by atomic mass is 10.00. The van der Waals surface area contributed by atoms with Crippen LogP contribution in [0.2, 0.25) is 0 Å². The number of piperidine rings is 1. The highest BCUT2D eigenvalue weighted by Gasteiger charge is 2.44. The topological polar surface area (TPSA) is 139 Å². The molecule has 40 heavy (non-hydrogen) atoms. The molecule has 12 heteroatoms. The summed E-state index contributed by atoms with van der Waals surface area (Å²) in [5, 5.41) is 18.9. The lowest BCUT2D eigenvalue weighted by Gasteiger charge is -2.37. The number of benzene rings is 1. The maximum Gasteiger partial charge on any atom is 0.407 e. The number of aryl methyl sites for hydroxylation is 1. The van der Waals surface area contributed by atoms with Crippen LogP contribution in [0.25, 0.3) is 22.6 Å². The molecule has 4 aromatic rings. The van der Waals surface area contributed by atoms with Gasteiger partial charge in [0.2, 0.25) is 0 Å². The SMILES string of the molecule is COc1nc(C)c2nc(-c3cncc(C#N)c3)n(Cc3ccc(OC4CC5CCC(C4)N5C(=O)O)cc3F)c2n1. The van der Waals surface area contributed by atoms with Crippen molar-refractivity contribution in [3.8, 4) is 29.2 Å². The molecule has 2 fully saturated rings. The second-order valence-corrected chi connectivity index (χ2v) is 10.1. The average Bonchev–Trinajstić information content (AvgIpc) is 3.45. The van der Waals surface area contributed by atoms with Gasteiger partial charge in [-0.2, -0.15) is 15.2 Å². The van der Waals surface area contributed by atoms with Gasteiger partial charge in [0.1, 0.15) is 35.1 Å². The standard InChI is InChI=1S/C28H26FN7O4/c1-15-24-26(34-27(32-15)39-2)35(25(33-24)18-7-16(11-30)12-31-13-18)14-17-3-6-21(10-23(17)29)40-22-8-19-4-5-20(9-22)36(19)28(37)38/h3,6-7,10,12-13,19-20,22H,4-5,8-9,14H2,1-2H3,(H,37,38). The molecule has 11 nitrogen and oxygen atoms in total. The number of methoxy groups -OCH3 is 1. The van der Waals surface area contributed by atoms with Gasteiger partial charge in [0.25, 0.3) is 0 Å². The van der Waals surface area contributed by atoms with Crippen LogP contribution in [0.1, 0.15) is 42.5 Å². The number of halogens is 1. The number of fused-ring (bicyclic) bond motifs is 3. The first-order valence-corrected chi connectivity index (χ1v) is 12.9. The van der Waals surface area contributed by atoms with E-state index in [1.807, 2.05) is 0 Å². The molecule has 1 amide bonds. The van der Waals surface area contributed by atoms with E-state index in [9.17, 15) is 15.2 Å². The third-order valence-corrected chi connectivity index (χ3v) is 7.62. The fraction of sp³-hybridized carbons (Fsp3) is 0.357. The molecule has 1 N–H and O–H groups in total. The fourth-order valence-electron chi connectivity index (χ4n) is 5.83. The summed E-state index contributed by atoms with van der Waals surface area (Å²) in [6.07, 6.45) is 4.82. The van der Waals surface area contributed by atoms with E-state index in [4.69, 9.17) is 14.5 Å². The molecule has 1 aromatic carbocycles. The number of amides is 1. The van der Waals surface area contributed by atoms with Crippen LogP contribution in [-0.2, 0) is 6.54 Å². The number of aromatic nitrogens is 5. The zero-order valence-electron chi connectivity index (χ0n) is 21.9. The highest BCUT2D eigenvalue weighted by molar-refractivity contribution is 5.79. The van der Waals surface area contributed by atoms with Crippen molar-refractivity contribution in [1.82, 2.24) is 29.4 Å². The minimum absolute atomic E-state index is 0.0604. The number of ether oxygens (including phenoxy) is 2. The van der Waals surface area contributed by atoms with Crippen LogP contribution in [0.15, 0.2) is 36.7 Å². The summed E-state index contributed by atoms with van der Waals surface area (Å²) < 4.78 is 28.6. The third-order valence-electron chi connectivity index (χ3n) is 7.62. The lowest BCUT2D eigenvalue weighted by molar-refractivity contribution is 0.0495. The second kappa shape index (κ2) is 10.1. The van der Waals surface area contributed by atoms with E-state index in [0.29, 0.717) is 58.0 Å². The third kappa shape index (κ3) is 4.53. The highest BCUT2D eigenvalue weighted by Crippen LogP contribution is 2.37. The smallest absolute Gasteiger partial charge is 0.407 e. The number of hydrogen-bond acceptors (Lipinski definition) is 8. The molecule has 204 valence electrons. The second-order valence-electron chi connectivity index (χ2n) is 10.1. The van der Waals surface area contributed by atoms with Crippen LogP contribution in [0.5, 0.6) is 11.8 Å². The van der Waals surface area contributed by atoms with Gasteiger partial charge in [-0.1, -0.05) is 6.07 Å². The Bertz CT molecular complexity index is 1650. The van der Waals surface area contributed by atoms with Crippen LogP contribution in [0, 0.1) is 24.1 Å². The van der Waals surface area contributed by atoms with E-state index < -0.39 is 11.9 Å². The molecular weight excluding hydrogens is 517 g/mol. The van der Waals surface area contributed by atoms with Crippen LogP contribution in [0.3, 0.4) is 0 Å². The van der Waals surface area contributed by atoms with Crippen LogP contribution >= 0.6 is 0 Å². The zero-order valence-corrected chi connectivity index (χ0v) is 21.9. The Labute approximate surface area is 228 Å². The predicted octanol–water partition coefficient (Wildman–Crippen LogP) is 4.32. The molecule has 6 rings (SSSR count). The minimum Gasteiger partial charge on any atom is -0.490 e. The Morgan fingerprint density at radius 3 is 2.62 bits per heavy atom. The first-order chi connectivity index (χ1) is 19.3. The Balaban J connectivity index is 1.31. The quantitative estimate of drug-likeness (QED) is 0.377. The van der Waals surface area contributed by atoms with Crippen LogP contribution in [-0.4, -0.2) is 65.9 Å². The number of carbonyl (C=O) groups is 1. The molecule has 0 saturated carbocycles. The van der Waals surface area contributed by atoms with E-state index >= 15 is 4.39 Å². The van der Waals surface area contributed by atoms with E-state index in [-0.39, 0.29) is 30.7 Å². The van der Waals surface area contributed by atoms with E-state index in [1.165, 1.54) is 19.4 Å². The van der Waals surface area contributed by atoms with Gasteiger partial charge in [-0.3, -0.25) is 4.98 Å². The highest BCUT2D eigenvalue weighted by atomic mass is 19.1. The number of imidazole rings is 1. The molecule has 2 aliphatic rings. The summed E-state index contributed by atoms with van der Waals surface area (Å²) in [6, 6.07) is 8.54. The normalized spacial score (nSPS) is 19.9. The van der Waals surface area contributed by atoms with E-state index in [2.05, 4.69) is 21.0 Å². The van der Waals surface area contributed by atoms with Crippen molar-refractivity contribution in [3.05, 3.63) is 59.3 Å². The van der Waals surface area contributed by atoms with Gasteiger partial charge in [0.05, 0.1) is 24.9 Å². The summed E-state index contributed by atoms with van der Waals surface area (Å²) in [6.45, 7) is 1.88. The van der Waals surface area contributed by atoms with Crippen LogP contribution < -0.4 is 9.47 Å². The Morgan fingerprint density at radius 2 is 1.95 bits per heavy atom. The van der Waals surface area contributed by atoms with Crippen molar-refractivity contribution in [2.24, 2.45) is 0 Å². The fourth-order valence-corrected chi connectivity index (χ4v) is 5.83. The molecule has 3 aromatic heterocycles. The number of pyridine rings is 1. The maximum atomic E-state index is 15.5. The molecular formula is C28H26FN7O4. The Kier molecular flexibility index (Phi) is 6.42. The first-order valence-electron chi connectivity index (χ1n) is 12.9. The van der Waals surface area contributed by atoms with Crippen molar-refractivity contribution in [3.63, 3.8) is 0 Å². The monoisotopic (exact) mass is 543 g/mol. The lowest BCUT2D eigenvalue weighted by Crippen LogP contribution is -2.48. The van der Waals surface area contributed by atoms with Crippen LogP contribution in [0.4, 0.5) is 9.18 Å². The van der Waals surface area contributed by atoms with Crippen molar-refractivity contribution in [1.29, 1.82) is 5.26 Å². The summed E-state index contributed by atoms with van der Waals surface area (Å²) in [4.78, 5) is 30.8. The zero-order chi connectivity index (χ0) is 28.0. The molecule has 5 heterocycles. The van der Waals surface area contributed by atoms with E-state index in [0.717, 1.165) is 12.8 Å². The molecule has 2 atom stereocenters. The number of rotatable bonds is 6. The Hall–Kier alpha value is -4.79. The molecule has 2 saturated heterocycles. The summed E-state index contributed by atoms with van der Waals surface area (Å²) >= 11 is 0. The predicted molar refractivity (Wildman–Crippen MR) is 140 cm³/mol. The number of nitrogens with zero attached hydrogens (tertiary/aromatic N) is 7. The molecule has 0 aliphatic carbocycles. The van der Waals surface area contributed by atoms with Gasteiger partial charge in [-0.15, -0.1) is 0 Å². The van der Waals surface area contributed by atoms with Crippen molar-refractivity contribution in [2.45, 2.75) is 57.3 Å². The molecule has 0 spiro atoms. The minimum atomic E-state index is -0.888. The van der Waals surface area contributed by atoms with Crippen molar-refractivity contribution in [2.75, 3.05) is 7.11 Å². The van der Waals surface area contributed by atoms with Gasteiger partial charge in [0.15, 0.2) is 5.65 Å². The number of carboxylic acid groups (broad SMARTS) is 1. The number of hydrogen-bond donors (Lipinski definition) is 1. The largest absolute Gasteiger partial charge is 0.490 e. The van der Waals surface area contributed by atoms with Gasteiger partial charge in [-0.05, 0) is 31.9 Å². The van der Waals surface area contributed by atoms with Gasteiger partial charge < -0.3 is 24.0 Å². The summed E-state index contributed by atoms with van der Waals surface area (Å²) in [5.74, 6) is 0.402. The van der Waals surface area contributed by atoms with Crippen molar-refractivity contribution < 1.29 is 23.8 Å². The summed E-state index contributed by atoms with van der Waals surface area (Å²) in [5.41, 5.74) is 2.92. The van der Waals surface area contributed by atoms with Gasteiger partial charge in [-0.25, -0.2) is 14.2 Å². The molecule has 2 aliphatic heterocycles. The summed E-state index contributed by atoms with van der Waals surface area (Å²) in [7, 11) is 1.47. The number of nitriles is 1. The molecule has 0 radical (unpaired) electrons. The van der Waals surface area contributed by atoms with E-state index in [1.54, 1.807) is 40.8 Å².